The molecule has 0 aliphatic rings. The average Bonchev–Trinajstić information content (AvgIpc) is 2.68. The quantitative estimate of drug-likeness (QED) is 0.933. The second-order valence-corrected chi connectivity index (χ2v) is 6.96. The molecule has 0 saturated carbocycles. The summed E-state index contributed by atoms with van der Waals surface area (Å²) in [5, 5.41) is 0.998. The van der Waals surface area contributed by atoms with Crippen LogP contribution in [0.25, 0.3) is 11.3 Å². The fraction of sp³-hybridized carbons (Fsp3) is 0.375. The fourth-order valence-corrected chi connectivity index (χ4v) is 3.50. The molecule has 2 N–H and O–H groups in total. The third kappa shape index (κ3) is 3.82. The number of ether oxygens (including phenoxy) is 1. The minimum Gasteiger partial charge on any atom is -0.443 e. The predicted octanol–water partition coefficient (Wildman–Crippen LogP) is 3.84. The SMILES string of the molecule is Cc1nc(-c2ccccc2C)c(CC(C)(C)OC(N)=O)s1. The number of amides is 1. The van der Waals surface area contributed by atoms with Crippen molar-refractivity contribution in [2.75, 3.05) is 0 Å². The Morgan fingerprint density at radius 2 is 2.00 bits per heavy atom. The Balaban J connectivity index is 2.38. The Bertz CT molecular complexity index is 662. The molecule has 2 rings (SSSR count). The summed E-state index contributed by atoms with van der Waals surface area (Å²) in [7, 11) is 0. The van der Waals surface area contributed by atoms with E-state index in [4.69, 9.17) is 10.5 Å². The lowest BCUT2D eigenvalue weighted by atomic mass is 9.99. The highest BCUT2D eigenvalue weighted by Gasteiger charge is 2.26. The van der Waals surface area contributed by atoms with Gasteiger partial charge < -0.3 is 10.5 Å². The van der Waals surface area contributed by atoms with Crippen LogP contribution < -0.4 is 5.73 Å². The van der Waals surface area contributed by atoms with E-state index in [9.17, 15) is 4.79 Å². The van der Waals surface area contributed by atoms with Gasteiger partial charge in [0.1, 0.15) is 5.60 Å². The van der Waals surface area contributed by atoms with Crippen molar-refractivity contribution in [1.29, 1.82) is 0 Å². The van der Waals surface area contributed by atoms with Crippen LogP contribution >= 0.6 is 11.3 Å². The maximum Gasteiger partial charge on any atom is 0.405 e. The summed E-state index contributed by atoms with van der Waals surface area (Å²) < 4.78 is 5.19. The Kier molecular flexibility index (Phi) is 4.32. The van der Waals surface area contributed by atoms with Crippen molar-refractivity contribution >= 4 is 17.4 Å². The van der Waals surface area contributed by atoms with Crippen LogP contribution in [0, 0.1) is 13.8 Å². The lowest BCUT2D eigenvalue weighted by Gasteiger charge is -2.23. The van der Waals surface area contributed by atoms with Crippen LogP contribution in [0.1, 0.15) is 29.3 Å². The predicted molar refractivity (Wildman–Crippen MR) is 85.5 cm³/mol. The van der Waals surface area contributed by atoms with Crippen molar-refractivity contribution in [3.05, 3.63) is 39.7 Å². The normalized spacial score (nSPS) is 11.4. The van der Waals surface area contributed by atoms with E-state index >= 15 is 0 Å². The molecule has 1 heterocycles. The molecule has 2 aromatic rings. The van der Waals surface area contributed by atoms with Crippen LogP contribution in [-0.2, 0) is 11.2 Å². The summed E-state index contributed by atoms with van der Waals surface area (Å²) in [6, 6.07) is 8.15. The minimum absolute atomic E-state index is 0.588. The molecule has 0 aliphatic carbocycles. The van der Waals surface area contributed by atoms with Gasteiger partial charge in [-0.2, -0.15) is 0 Å². The smallest absolute Gasteiger partial charge is 0.405 e. The molecule has 4 nitrogen and oxygen atoms in total. The molecule has 0 radical (unpaired) electrons. The number of aromatic nitrogens is 1. The van der Waals surface area contributed by atoms with Crippen molar-refractivity contribution in [2.45, 2.75) is 39.7 Å². The highest BCUT2D eigenvalue weighted by atomic mass is 32.1. The van der Waals surface area contributed by atoms with Gasteiger partial charge in [-0.1, -0.05) is 24.3 Å². The number of hydrogen-bond acceptors (Lipinski definition) is 4. The van der Waals surface area contributed by atoms with E-state index in [1.807, 2.05) is 32.9 Å². The highest BCUT2D eigenvalue weighted by Crippen LogP contribution is 2.33. The Labute approximate surface area is 129 Å². The molecule has 0 saturated heterocycles. The number of hydrogen-bond donors (Lipinski definition) is 1. The van der Waals surface area contributed by atoms with Gasteiger partial charge in [-0.3, -0.25) is 0 Å². The molecule has 1 amide bonds. The van der Waals surface area contributed by atoms with Crippen LogP contribution in [0.4, 0.5) is 4.79 Å². The van der Waals surface area contributed by atoms with Gasteiger partial charge in [0.2, 0.25) is 0 Å². The number of nitrogens with two attached hydrogens (primary N) is 1. The summed E-state index contributed by atoms with van der Waals surface area (Å²) in [4.78, 5) is 16.8. The molecule has 0 spiro atoms. The first-order valence-corrected chi connectivity index (χ1v) is 7.61. The standard InChI is InChI=1S/C16H20N2O2S/c1-10-7-5-6-8-12(10)14-13(21-11(2)18-14)9-16(3,4)20-15(17)19/h5-8H,9H2,1-4H3,(H2,17,19). The molecular formula is C16H20N2O2S. The van der Waals surface area contributed by atoms with Crippen LogP contribution in [0.3, 0.4) is 0 Å². The molecule has 0 aliphatic heterocycles. The summed E-state index contributed by atoms with van der Waals surface area (Å²) in [5.41, 5.74) is 7.75. The van der Waals surface area contributed by atoms with E-state index < -0.39 is 11.7 Å². The molecule has 21 heavy (non-hydrogen) atoms. The van der Waals surface area contributed by atoms with Crippen LogP contribution in [-0.4, -0.2) is 16.7 Å². The number of nitrogens with zero attached hydrogens (tertiary/aromatic N) is 1. The van der Waals surface area contributed by atoms with Crippen molar-refractivity contribution < 1.29 is 9.53 Å². The lowest BCUT2D eigenvalue weighted by Crippen LogP contribution is -2.33. The van der Waals surface area contributed by atoms with Crippen molar-refractivity contribution in [3.63, 3.8) is 0 Å². The van der Waals surface area contributed by atoms with E-state index in [1.165, 1.54) is 5.56 Å². The van der Waals surface area contributed by atoms with Gasteiger partial charge in [0.15, 0.2) is 0 Å². The largest absolute Gasteiger partial charge is 0.443 e. The van der Waals surface area contributed by atoms with Crippen LogP contribution in [0.2, 0.25) is 0 Å². The second kappa shape index (κ2) is 5.85. The van der Waals surface area contributed by atoms with E-state index in [0.29, 0.717) is 6.42 Å². The van der Waals surface area contributed by atoms with Gasteiger partial charge in [-0.15, -0.1) is 11.3 Å². The summed E-state index contributed by atoms with van der Waals surface area (Å²) in [5.74, 6) is 0. The van der Waals surface area contributed by atoms with E-state index in [0.717, 1.165) is 21.1 Å². The zero-order valence-electron chi connectivity index (χ0n) is 12.8. The number of aryl methyl sites for hydroxylation is 2. The topological polar surface area (TPSA) is 65.2 Å². The zero-order chi connectivity index (χ0) is 15.6. The molecule has 0 fully saturated rings. The first-order chi connectivity index (χ1) is 9.78. The number of carbonyl (C=O) groups excluding carboxylic acids is 1. The third-order valence-corrected chi connectivity index (χ3v) is 4.14. The monoisotopic (exact) mass is 304 g/mol. The van der Waals surface area contributed by atoms with Crippen LogP contribution in [0.15, 0.2) is 24.3 Å². The van der Waals surface area contributed by atoms with Gasteiger partial charge in [-0.05, 0) is 33.3 Å². The van der Waals surface area contributed by atoms with E-state index in [2.05, 4.69) is 24.0 Å². The first kappa shape index (κ1) is 15.5. The lowest BCUT2D eigenvalue weighted by molar-refractivity contribution is 0.0466. The Hall–Kier alpha value is -1.88. The van der Waals surface area contributed by atoms with E-state index in [-0.39, 0.29) is 0 Å². The minimum atomic E-state index is -0.751. The zero-order valence-corrected chi connectivity index (χ0v) is 13.6. The summed E-state index contributed by atoms with van der Waals surface area (Å²) >= 11 is 1.63. The summed E-state index contributed by atoms with van der Waals surface area (Å²) in [6.07, 6.45) is -0.163. The molecule has 112 valence electrons. The van der Waals surface area contributed by atoms with Crippen LogP contribution in [0.5, 0.6) is 0 Å². The Morgan fingerprint density at radius 1 is 1.33 bits per heavy atom. The number of primary amides is 1. The molecule has 1 aromatic carbocycles. The number of benzene rings is 1. The van der Waals surface area contributed by atoms with Gasteiger partial charge in [0.25, 0.3) is 0 Å². The molecule has 5 heteroatoms. The van der Waals surface area contributed by atoms with Crippen molar-refractivity contribution in [1.82, 2.24) is 4.98 Å². The fourth-order valence-electron chi connectivity index (χ4n) is 2.33. The van der Waals surface area contributed by atoms with Gasteiger partial charge in [0, 0.05) is 16.9 Å². The molecule has 0 unspecified atom stereocenters. The van der Waals surface area contributed by atoms with Gasteiger partial charge in [-0.25, -0.2) is 9.78 Å². The summed E-state index contributed by atoms with van der Waals surface area (Å²) in [6.45, 7) is 7.76. The molecule has 0 bridgehead atoms. The second-order valence-electron chi connectivity index (χ2n) is 5.68. The number of carbonyl (C=O) groups is 1. The highest BCUT2D eigenvalue weighted by molar-refractivity contribution is 7.12. The molecular weight excluding hydrogens is 284 g/mol. The van der Waals surface area contributed by atoms with Gasteiger partial charge >= 0.3 is 6.09 Å². The maximum atomic E-state index is 11.0. The van der Waals surface area contributed by atoms with Gasteiger partial charge in [0.05, 0.1) is 10.7 Å². The number of rotatable bonds is 4. The first-order valence-electron chi connectivity index (χ1n) is 6.79. The Morgan fingerprint density at radius 3 is 2.62 bits per heavy atom. The number of thiazole rings is 1. The maximum absolute atomic E-state index is 11.0. The molecule has 0 atom stereocenters. The van der Waals surface area contributed by atoms with Crippen molar-refractivity contribution in [3.8, 4) is 11.3 Å². The average molecular weight is 304 g/mol. The molecule has 1 aromatic heterocycles. The van der Waals surface area contributed by atoms with Crippen molar-refractivity contribution in [2.24, 2.45) is 5.73 Å². The van der Waals surface area contributed by atoms with E-state index in [1.54, 1.807) is 11.3 Å². The third-order valence-electron chi connectivity index (χ3n) is 3.17.